The molecule has 0 spiro atoms. The number of hydrogen-bond donors (Lipinski definition) is 2. The van der Waals surface area contributed by atoms with E-state index in [0.717, 1.165) is 0 Å². The molecular weight excluding hydrogens is 202 g/mol. The Labute approximate surface area is 86.5 Å². The van der Waals surface area contributed by atoms with Gasteiger partial charge in [-0.05, 0) is 11.8 Å². The highest BCUT2D eigenvalue weighted by Gasteiger charge is 2.59. The molecule has 84 valence electrons. The van der Waals surface area contributed by atoms with Crippen LogP contribution in [-0.2, 0) is 14.3 Å². The lowest BCUT2D eigenvalue weighted by Crippen LogP contribution is -2.43. The van der Waals surface area contributed by atoms with Crippen LogP contribution in [0.2, 0.25) is 0 Å². The van der Waals surface area contributed by atoms with Crippen LogP contribution in [-0.4, -0.2) is 43.5 Å². The number of carboxylic acid groups (broad SMARTS) is 1. The number of rotatable bonds is 3. The van der Waals surface area contributed by atoms with Gasteiger partial charge in [-0.15, -0.1) is 0 Å². The van der Waals surface area contributed by atoms with Crippen LogP contribution >= 0.6 is 0 Å². The zero-order valence-corrected chi connectivity index (χ0v) is 8.30. The second-order valence-electron chi connectivity index (χ2n) is 3.89. The van der Waals surface area contributed by atoms with Crippen LogP contribution in [0.15, 0.2) is 0 Å². The Hall–Kier alpha value is -1.30. The fourth-order valence-electron chi connectivity index (χ4n) is 2.29. The Kier molecular flexibility index (Phi) is 2.52. The van der Waals surface area contributed by atoms with Gasteiger partial charge in [0.1, 0.15) is 6.04 Å². The van der Waals surface area contributed by atoms with Gasteiger partial charge in [-0.2, -0.15) is 0 Å². The number of amides is 1. The minimum atomic E-state index is -1.01. The highest BCUT2D eigenvalue weighted by atomic mass is 16.5. The van der Waals surface area contributed by atoms with Gasteiger partial charge in [-0.3, -0.25) is 0 Å². The topological polar surface area (TPSA) is 84.9 Å². The van der Waals surface area contributed by atoms with Crippen molar-refractivity contribution >= 4 is 12.1 Å². The largest absolute Gasteiger partial charge is 0.480 e. The highest BCUT2D eigenvalue weighted by Crippen LogP contribution is 2.52. The molecule has 1 aliphatic heterocycles. The van der Waals surface area contributed by atoms with Gasteiger partial charge in [0.2, 0.25) is 0 Å². The molecule has 0 aromatic carbocycles. The smallest absolute Gasteiger partial charge is 0.407 e. The van der Waals surface area contributed by atoms with E-state index in [0.29, 0.717) is 13.2 Å². The third-order valence-corrected chi connectivity index (χ3v) is 3.13. The predicted molar refractivity (Wildman–Crippen MR) is 48.3 cm³/mol. The molecule has 2 fully saturated rings. The van der Waals surface area contributed by atoms with Crippen molar-refractivity contribution in [3.05, 3.63) is 0 Å². The van der Waals surface area contributed by atoms with Crippen molar-refractivity contribution in [3.63, 3.8) is 0 Å². The second kappa shape index (κ2) is 3.69. The lowest BCUT2D eigenvalue weighted by atomic mass is 10.1. The number of carbonyl (C=O) groups is 2. The first-order chi connectivity index (χ1) is 7.15. The van der Waals surface area contributed by atoms with E-state index in [4.69, 9.17) is 9.84 Å². The molecule has 1 heterocycles. The summed E-state index contributed by atoms with van der Waals surface area (Å²) >= 11 is 0. The quantitative estimate of drug-likeness (QED) is 0.674. The van der Waals surface area contributed by atoms with Crippen LogP contribution in [0.25, 0.3) is 0 Å². The summed E-state index contributed by atoms with van der Waals surface area (Å²) in [5, 5.41) is 11.3. The summed E-state index contributed by atoms with van der Waals surface area (Å²) in [4.78, 5) is 21.9. The summed E-state index contributed by atoms with van der Waals surface area (Å²) in [6.07, 6.45) is -0.701. The van der Waals surface area contributed by atoms with Gasteiger partial charge in [-0.1, -0.05) is 0 Å². The van der Waals surface area contributed by atoms with Gasteiger partial charge in [0.15, 0.2) is 0 Å². The van der Waals surface area contributed by atoms with Gasteiger partial charge in [-0.25, -0.2) is 9.59 Å². The summed E-state index contributed by atoms with van der Waals surface area (Å²) in [6.45, 7) is 1.20. The number of carbonyl (C=O) groups excluding carboxylic acids is 1. The fraction of sp³-hybridized carbons (Fsp3) is 0.778. The number of aliphatic carboxylic acids is 1. The summed E-state index contributed by atoms with van der Waals surface area (Å²) in [5.41, 5.74) is 0. The van der Waals surface area contributed by atoms with Gasteiger partial charge >= 0.3 is 12.1 Å². The molecule has 1 saturated heterocycles. The Bertz CT molecular complexity index is 282. The molecule has 0 aromatic heterocycles. The molecule has 1 aliphatic carbocycles. The maximum absolute atomic E-state index is 11.0. The SMILES string of the molecule is COC(=O)N[C@H](C(=O)O)C1[C@H]2COC[C@@H]12. The molecule has 2 aliphatic rings. The summed E-state index contributed by atoms with van der Waals surface area (Å²) in [7, 11) is 1.21. The van der Waals surface area contributed by atoms with Gasteiger partial charge in [0.05, 0.1) is 20.3 Å². The standard InChI is InChI=1S/C9H13NO5/c1-14-9(13)10-7(8(11)12)6-4-2-15-3-5(4)6/h4-7H,2-3H2,1H3,(H,10,13)(H,11,12)/t4-,5+,6?,7-/m0/s1. The van der Waals surface area contributed by atoms with Crippen LogP contribution in [0.1, 0.15) is 0 Å². The maximum Gasteiger partial charge on any atom is 0.407 e. The Morgan fingerprint density at radius 3 is 2.53 bits per heavy atom. The van der Waals surface area contributed by atoms with E-state index in [1.54, 1.807) is 0 Å². The monoisotopic (exact) mass is 215 g/mol. The van der Waals surface area contributed by atoms with Crippen LogP contribution in [0.5, 0.6) is 0 Å². The summed E-state index contributed by atoms with van der Waals surface area (Å²) in [5.74, 6) is -0.457. The summed E-state index contributed by atoms with van der Waals surface area (Å²) in [6, 6.07) is -0.851. The average molecular weight is 215 g/mol. The molecule has 4 atom stereocenters. The van der Waals surface area contributed by atoms with E-state index < -0.39 is 18.1 Å². The van der Waals surface area contributed by atoms with E-state index in [2.05, 4.69) is 10.1 Å². The van der Waals surface area contributed by atoms with E-state index >= 15 is 0 Å². The third-order valence-electron chi connectivity index (χ3n) is 3.13. The van der Waals surface area contributed by atoms with Crippen molar-refractivity contribution in [2.75, 3.05) is 20.3 Å². The van der Waals surface area contributed by atoms with Crippen molar-refractivity contribution in [1.82, 2.24) is 5.32 Å². The second-order valence-corrected chi connectivity index (χ2v) is 3.89. The van der Waals surface area contributed by atoms with Crippen LogP contribution in [0.4, 0.5) is 4.79 Å². The Morgan fingerprint density at radius 1 is 1.47 bits per heavy atom. The summed E-state index contributed by atoms with van der Waals surface area (Å²) < 4.78 is 9.55. The number of fused-ring (bicyclic) bond motifs is 1. The molecule has 2 N–H and O–H groups in total. The molecule has 6 nitrogen and oxygen atoms in total. The molecular formula is C9H13NO5. The van der Waals surface area contributed by atoms with Crippen molar-refractivity contribution in [2.45, 2.75) is 6.04 Å². The minimum Gasteiger partial charge on any atom is -0.480 e. The number of carboxylic acids is 1. The van der Waals surface area contributed by atoms with Crippen molar-refractivity contribution in [1.29, 1.82) is 0 Å². The van der Waals surface area contributed by atoms with Crippen LogP contribution in [0, 0.1) is 17.8 Å². The Morgan fingerprint density at radius 2 is 2.07 bits per heavy atom. The predicted octanol–water partition coefficient (Wildman–Crippen LogP) is -0.312. The van der Waals surface area contributed by atoms with Crippen LogP contribution in [0.3, 0.4) is 0 Å². The van der Waals surface area contributed by atoms with Gasteiger partial charge in [0.25, 0.3) is 0 Å². The first kappa shape index (κ1) is 10.2. The maximum atomic E-state index is 11.0. The van der Waals surface area contributed by atoms with E-state index in [1.807, 2.05) is 0 Å². The van der Waals surface area contributed by atoms with Gasteiger partial charge < -0.3 is 19.9 Å². The van der Waals surface area contributed by atoms with E-state index in [1.165, 1.54) is 7.11 Å². The zero-order chi connectivity index (χ0) is 11.0. The molecule has 0 radical (unpaired) electrons. The lowest BCUT2D eigenvalue weighted by Gasteiger charge is -2.15. The van der Waals surface area contributed by atoms with Crippen LogP contribution < -0.4 is 5.32 Å². The van der Waals surface area contributed by atoms with Gasteiger partial charge in [0, 0.05) is 5.92 Å². The molecule has 6 heteroatoms. The van der Waals surface area contributed by atoms with Crippen molar-refractivity contribution in [2.24, 2.45) is 17.8 Å². The first-order valence-corrected chi connectivity index (χ1v) is 4.80. The molecule has 2 rings (SSSR count). The first-order valence-electron chi connectivity index (χ1n) is 4.80. The molecule has 1 unspecified atom stereocenters. The van der Waals surface area contributed by atoms with Crippen molar-refractivity contribution in [3.8, 4) is 0 Å². The lowest BCUT2D eigenvalue weighted by molar-refractivity contribution is -0.140. The number of ether oxygens (including phenoxy) is 2. The number of alkyl carbamates (subject to hydrolysis) is 1. The van der Waals surface area contributed by atoms with E-state index in [9.17, 15) is 9.59 Å². The molecule has 0 aromatic rings. The normalized spacial score (nSPS) is 34.1. The highest BCUT2D eigenvalue weighted by molar-refractivity contribution is 5.80. The zero-order valence-electron chi connectivity index (χ0n) is 8.30. The van der Waals surface area contributed by atoms with E-state index in [-0.39, 0.29) is 17.8 Å². The number of hydrogen-bond acceptors (Lipinski definition) is 4. The molecule has 15 heavy (non-hydrogen) atoms. The average Bonchev–Trinajstić information content (AvgIpc) is 2.68. The van der Waals surface area contributed by atoms with Crippen molar-refractivity contribution < 1.29 is 24.2 Å². The Balaban J connectivity index is 1.96. The molecule has 1 saturated carbocycles. The third kappa shape index (κ3) is 1.77. The molecule has 1 amide bonds. The molecule has 0 bridgehead atoms. The number of nitrogens with one attached hydrogen (secondary N) is 1. The fourth-order valence-corrected chi connectivity index (χ4v) is 2.29. The minimum absolute atomic E-state index is 0.00431. The number of methoxy groups -OCH3 is 1.